The highest BCUT2D eigenvalue weighted by Crippen LogP contribution is 2.24. The number of rotatable bonds is 7. The third-order valence-electron chi connectivity index (χ3n) is 6.29. The van der Waals surface area contributed by atoms with Crippen molar-refractivity contribution in [1.82, 2.24) is 25.2 Å². The van der Waals surface area contributed by atoms with Crippen LogP contribution in [0.3, 0.4) is 0 Å². The van der Waals surface area contributed by atoms with Crippen molar-refractivity contribution < 1.29 is 9.59 Å². The van der Waals surface area contributed by atoms with E-state index in [2.05, 4.69) is 25.5 Å². The van der Waals surface area contributed by atoms with E-state index in [1.165, 1.54) is 6.92 Å². The van der Waals surface area contributed by atoms with Crippen molar-refractivity contribution >= 4 is 34.2 Å². The van der Waals surface area contributed by atoms with Crippen LogP contribution in [0.25, 0.3) is 22.2 Å². The van der Waals surface area contributed by atoms with Crippen LogP contribution in [0.5, 0.6) is 0 Å². The lowest BCUT2D eigenvalue weighted by molar-refractivity contribution is -0.118. The second-order valence-corrected chi connectivity index (χ2v) is 8.91. The van der Waals surface area contributed by atoms with Crippen LogP contribution in [0.15, 0.2) is 72.9 Å². The molecule has 0 radical (unpaired) electrons. The fourth-order valence-corrected chi connectivity index (χ4v) is 4.33. The van der Waals surface area contributed by atoms with Crippen molar-refractivity contribution in [2.75, 3.05) is 49.5 Å². The van der Waals surface area contributed by atoms with Gasteiger partial charge in [0.25, 0.3) is 5.91 Å². The van der Waals surface area contributed by atoms with Gasteiger partial charge in [-0.15, -0.1) is 0 Å². The highest BCUT2D eigenvalue weighted by Gasteiger charge is 2.24. The molecule has 1 aliphatic heterocycles. The monoisotopic (exact) mass is 495 g/mol. The Morgan fingerprint density at radius 1 is 0.865 bits per heavy atom. The molecule has 1 aliphatic rings. The summed E-state index contributed by atoms with van der Waals surface area (Å²) in [5.41, 5.74) is 1.39. The number of anilines is 2. The highest BCUT2D eigenvalue weighted by molar-refractivity contribution is 5.96. The predicted molar refractivity (Wildman–Crippen MR) is 145 cm³/mol. The second-order valence-electron chi connectivity index (χ2n) is 8.91. The van der Waals surface area contributed by atoms with Crippen molar-refractivity contribution in [1.29, 1.82) is 0 Å². The molecule has 37 heavy (non-hydrogen) atoms. The van der Waals surface area contributed by atoms with Gasteiger partial charge in [0, 0.05) is 69.4 Å². The SMILES string of the molecule is CC(=O)NCCNc1cc(N2CCN(C(=O)c3cc4ccccc4cn3)CC2)nc(-c2ccccc2)n1. The van der Waals surface area contributed by atoms with E-state index < -0.39 is 0 Å². The summed E-state index contributed by atoms with van der Waals surface area (Å²) in [6, 6.07) is 21.5. The number of hydrogen-bond acceptors (Lipinski definition) is 7. The van der Waals surface area contributed by atoms with E-state index in [1.54, 1.807) is 6.20 Å². The average molecular weight is 496 g/mol. The summed E-state index contributed by atoms with van der Waals surface area (Å²) in [5.74, 6) is 1.98. The van der Waals surface area contributed by atoms with Gasteiger partial charge in [-0.3, -0.25) is 14.6 Å². The molecule has 2 aromatic carbocycles. The van der Waals surface area contributed by atoms with Crippen LogP contribution in [-0.2, 0) is 4.79 Å². The molecule has 2 aromatic heterocycles. The number of carbonyl (C=O) groups excluding carboxylic acids is 2. The molecule has 1 saturated heterocycles. The van der Waals surface area contributed by atoms with Gasteiger partial charge < -0.3 is 20.4 Å². The molecule has 3 heterocycles. The third-order valence-corrected chi connectivity index (χ3v) is 6.29. The Labute approximate surface area is 215 Å². The smallest absolute Gasteiger partial charge is 0.272 e. The Morgan fingerprint density at radius 3 is 2.35 bits per heavy atom. The molecule has 4 aromatic rings. The van der Waals surface area contributed by atoms with Crippen LogP contribution in [0.2, 0.25) is 0 Å². The first-order valence-electron chi connectivity index (χ1n) is 12.4. The van der Waals surface area contributed by atoms with Crippen LogP contribution in [0.4, 0.5) is 11.6 Å². The van der Waals surface area contributed by atoms with Gasteiger partial charge in [-0.2, -0.15) is 0 Å². The molecule has 0 saturated carbocycles. The average Bonchev–Trinajstić information content (AvgIpc) is 2.95. The molecule has 9 heteroatoms. The number of pyridine rings is 1. The van der Waals surface area contributed by atoms with E-state index in [0.29, 0.717) is 56.6 Å². The minimum absolute atomic E-state index is 0.0570. The van der Waals surface area contributed by atoms with E-state index in [9.17, 15) is 9.59 Å². The number of carbonyl (C=O) groups is 2. The van der Waals surface area contributed by atoms with Crippen molar-refractivity contribution in [2.45, 2.75) is 6.92 Å². The Balaban J connectivity index is 1.30. The first-order chi connectivity index (χ1) is 18.1. The quantitative estimate of drug-likeness (QED) is 0.380. The number of hydrogen-bond donors (Lipinski definition) is 2. The Morgan fingerprint density at radius 2 is 1.59 bits per heavy atom. The zero-order valence-electron chi connectivity index (χ0n) is 20.7. The summed E-state index contributed by atoms with van der Waals surface area (Å²) in [6.07, 6.45) is 1.76. The molecule has 0 unspecified atom stereocenters. The van der Waals surface area contributed by atoms with Gasteiger partial charge in [0.15, 0.2) is 5.82 Å². The molecule has 0 bridgehead atoms. The molecule has 1 fully saturated rings. The predicted octanol–water partition coefficient (Wildman–Crippen LogP) is 3.20. The van der Waals surface area contributed by atoms with Crippen LogP contribution in [0, 0.1) is 0 Å². The fraction of sp³-hybridized carbons (Fsp3) is 0.250. The van der Waals surface area contributed by atoms with Crippen molar-refractivity contribution in [3.63, 3.8) is 0 Å². The van der Waals surface area contributed by atoms with Gasteiger partial charge in [-0.25, -0.2) is 9.97 Å². The topological polar surface area (TPSA) is 103 Å². The normalized spacial score (nSPS) is 13.4. The summed E-state index contributed by atoms with van der Waals surface area (Å²) < 4.78 is 0. The molecule has 0 atom stereocenters. The Bertz CT molecular complexity index is 1400. The number of benzene rings is 2. The van der Waals surface area contributed by atoms with E-state index >= 15 is 0 Å². The molecule has 188 valence electrons. The van der Waals surface area contributed by atoms with Gasteiger partial charge in [-0.05, 0) is 11.5 Å². The number of fused-ring (bicyclic) bond motifs is 1. The van der Waals surface area contributed by atoms with Crippen LogP contribution < -0.4 is 15.5 Å². The molecule has 0 aliphatic carbocycles. The molecule has 0 spiro atoms. The molecule has 9 nitrogen and oxygen atoms in total. The number of amides is 2. The Kier molecular flexibility index (Phi) is 7.21. The summed E-state index contributed by atoms with van der Waals surface area (Å²) >= 11 is 0. The number of aromatic nitrogens is 3. The maximum absolute atomic E-state index is 13.2. The maximum atomic E-state index is 13.2. The highest BCUT2D eigenvalue weighted by atomic mass is 16.2. The van der Waals surface area contributed by atoms with Crippen molar-refractivity contribution in [2.24, 2.45) is 0 Å². The fourth-order valence-electron chi connectivity index (χ4n) is 4.33. The standard InChI is InChI=1S/C28H29N7O2/c1-20(36)29-11-12-30-25-18-26(33-27(32-25)21-7-3-2-4-8-21)34-13-15-35(16-14-34)28(37)24-17-22-9-5-6-10-23(22)19-31-24/h2-10,17-19H,11-16H2,1H3,(H,29,36)(H,30,32,33). The minimum Gasteiger partial charge on any atom is -0.368 e. The van der Waals surface area contributed by atoms with Crippen LogP contribution in [-0.4, -0.2) is 70.9 Å². The third kappa shape index (κ3) is 5.83. The van der Waals surface area contributed by atoms with E-state index in [-0.39, 0.29) is 11.8 Å². The molecular weight excluding hydrogens is 466 g/mol. The first-order valence-corrected chi connectivity index (χ1v) is 12.4. The van der Waals surface area contributed by atoms with E-state index in [0.717, 1.165) is 22.2 Å². The van der Waals surface area contributed by atoms with Gasteiger partial charge in [0.2, 0.25) is 5.91 Å². The number of nitrogens with zero attached hydrogens (tertiary/aromatic N) is 5. The Hall–Kier alpha value is -4.53. The van der Waals surface area contributed by atoms with Gasteiger partial charge in [0.1, 0.15) is 17.3 Å². The largest absolute Gasteiger partial charge is 0.368 e. The lowest BCUT2D eigenvalue weighted by Crippen LogP contribution is -2.49. The lowest BCUT2D eigenvalue weighted by atomic mass is 10.1. The molecule has 2 N–H and O–H groups in total. The summed E-state index contributed by atoms with van der Waals surface area (Å²) in [7, 11) is 0. The minimum atomic E-state index is -0.0681. The summed E-state index contributed by atoms with van der Waals surface area (Å²) in [5, 5.41) is 8.09. The zero-order valence-corrected chi connectivity index (χ0v) is 20.7. The van der Waals surface area contributed by atoms with Gasteiger partial charge in [0.05, 0.1) is 0 Å². The van der Waals surface area contributed by atoms with Crippen molar-refractivity contribution in [3.8, 4) is 11.4 Å². The zero-order chi connectivity index (χ0) is 25.6. The first kappa shape index (κ1) is 24.2. The van der Waals surface area contributed by atoms with Crippen LogP contribution in [0.1, 0.15) is 17.4 Å². The van der Waals surface area contributed by atoms with Gasteiger partial charge >= 0.3 is 0 Å². The van der Waals surface area contributed by atoms with E-state index in [1.807, 2.05) is 71.6 Å². The van der Waals surface area contributed by atoms with Crippen LogP contribution >= 0.6 is 0 Å². The molecular formula is C28H29N7O2. The van der Waals surface area contributed by atoms with Crippen molar-refractivity contribution in [3.05, 3.63) is 78.6 Å². The molecule has 2 amide bonds. The lowest BCUT2D eigenvalue weighted by Gasteiger charge is -2.35. The van der Waals surface area contributed by atoms with Gasteiger partial charge in [-0.1, -0.05) is 54.6 Å². The maximum Gasteiger partial charge on any atom is 0.272 e. The second kappa shape index (κ2) is 11.0. The van der Waals surface area contributed by atoms with E-state index in [4.69, 9.17) is 4.98 Å². The molecule has 5 rings (SSSR count). The number of nitrogens with one attached hydrogen (secondary N) is 2. The summed E-state index contributed by atoms with van der Waals surface area (Å²) in [4.78, 5) is 42.3. The number of piperazine rings is 1. The summed E-state index contributed by atoms with van der Waals surface area (Å²) in [6.45, 7) is 4.99.